The van der Waals surface area contributed by atoms with Crippen molar-refractivity contribution >= 4 is 44.5 Å². The third-order valence-corrected chi connectivity index (χ3v) is 11.4. The van der Waals surface area contributed by atoms with Crippen LogP contribution in [0.4, 0.5) is 15.9 Å². The number of fused-ring (bicyclic) bond motifs is 1. The van der Waals surface area contributed by atoms with Crippen LogP contribution in [0.3, 0.4) is 0 Å². The van der Waals surface area contributed by atoms with Gasteiger partial charge in [0.05, 0.1) is 37.0 Å². The molecular weight excluding hydrogens is 623 g/mol. The van der Waals surface area contributed by atoms with Crippen molar-refractivity contribution in [1.82, 2.24) is 9.88 Å². The first-order chi connectivity index (χ1) is 21.2. The van der Waals surface area contributed by atoms with Crippen molar-refractivity contribution in [1.29, 1.82) is 0 Å². The standard InChI is InChI=1S/C32H34ClFN4O4S2/c1-36(23-12-13-37(18-23)28-11-9-21-6-4-5-7-25(21)28)29-16-27(34)31(15-26(29)33)44(39,40)38(32-19-43-20-35-32)17-22-8-10-24(41-2)14-30(22)42-3/h4-8,10,14-16,19-20,23,28H,9,11-13,17-18H2,1-3H3/t23?,28-/m1/s1. The molecule has 232 valence electrons. The summed E-state index contributed by atoms with van der Waals surface area (Å²) < 4.78 is 55.9. The van der Waals surface area contributed by atoms with Crippen molar-refractivity contribution in [3.63, 3.8) is 0 Å². The van der Waals surface area contributed by atoms with Crippen molar-refractivity contribution < 1.29 is 22.3 Å². The van der Waals surface area contributed by atoms with Crippen molar-refractivity contribution in [3.05, 3.63) is 93.0 Å². The number of aryl methyl sites for hydroxylation is 1. The number of halogens is 2. The fourth-order valence-corrected chi connectivity index (χ4v) is 8.77. The van der Waals surface area contributed by atoms with E-state index in [1.54, 1.807) is 23.6 Å². The van der Waals surface area contributed by atoms with E-state index in [-0.39, 0.29) is 23.4 Å². The molecule has 2 heterocycles. The largest absolute Gasteiger partial charge is 0.497 e. The van der Waals surface area contributed by atoms with Crippen LogP contribution in [0.2, 0.25) is 5.02 Å². The molecule has 0 spiro atoms. The van der Waals surface area contributed by atoms with Crippen LogP contribution in [0.25, 0.3) is 0 Å². The summed E-state index contributed by atoms with van der Waals surface area (Å²) >= 11 is 7.97. The van der Waals surface area contributed by atoms with Gasteiger partial charge in [-0.3, -0.25) is 4.90 Å². The minimum atomic E-state index is -4.42. The Morgan fingerprint density at radius 1 is 1.11 bits per heavy atom. The summed E-state index contributed by atoms with van der Waals surface area (Å²) in [6.07, 6.45) is 3.07. The van der Waals surface area contributed by atoms with Gasteiger partial charge >= 0.3 is 0 Å². The van der Waals surface area contributed by atoms with Gasteiger partial charge in [-0.25, -0.2) is 22.1 Å². The minimum Gasteiger partial charge on any atom is -0.497 e. The number of aromatic nitrogens is 1. The van der Waals surface area contributed by atoms with Crippen LogP contribution in [0.1, 0.15) is 35.6 Å². The maximum absolute atomic E-state index is 15.9. The van der Waals surface area contributed by atoms with E-state index in [0.717, 1.165) is 36.7 Å². The Kier molecular flexibility index (Phi) is 8.74. The molecule has 0 saturated carbocycles. The molecule has 0 amide bonds. The number of ether oxygens (including phenoxy) is 2. The number of benzene rings is 3. The van der Waals surface area contributed by atoms with Gasteiger partial charge in [-0.1, -0.05) is 35.9 Å². The number of methoxy groups -OCH3 is 2. The number of rotatable bonds is 10. The van der Waals surface area contributed by atoms with E-state index in [9.17, 15) is 8.42 Å². The molecule has 6 rings (SSSR count). The summed E-state index contributed by atoms with van der Waals surface area (Å²) in [5, 5.41) is 1.77. The van der Waals surface area contributed by atoms with E-state index >= 15 is 4.39 Å². The van der Waals surface area contributed by atoms with Crippen molar-refractivity contribution in [3.8, 4) is 11.5 Å². The summed E-state index contributed by atoms with van der Waals surface area (Å²) in [5.74, 6) is 0.286. The molecule has 4 aromatic rings. The lowest BCUT2D eigenvalue weighted by Crippen LogP contribution is -2.36. The Morgan fingerprint density at radius 3 is 2.68 bits per heavy atom. The van der Waals surface area contributed by atoms with Gasteiger partial charge in [0.25, 0.3) is 10.0 Å². The first-order valence-electron chi connectivity index (χ1n) is 14.4. The predicted octanol–water partition coefficient (Wildman–Crippen LogP) is 6.55. The van der Waals surface area contributed by atoms with Gasteiger partial charge in [-0.05, 0) is 48.6 Å². The van der Waals surface area contributed by atoms with Gasteiger partial charge in [0, 0.05) is 55.3 Å². The molecule has 1 aliphatic heterocycles. The Bertz CT molecular complexity index is 1760. The lowest BCUT2D eigenvalue weighted by atomic mass is 10.1. The number of likely N-dealkylation sites (N-methyl/N-ethyl adjacent to an activating group) is 1. The van der Waals surface area contributed by atoms with Crippen LogP contribution in [-0.4, -0.2) is 58.7 Å². The Morgan fingerprint density at radius 2 is 1.93 bits per heavy atom. The molecule has 0 N–H and O–H groups in total. The monoisotopic (exact) mass is 656 g/mol. The third-order valence-electron chi connectivity index (χ3n) is 8.72. The second kappa shape index (κ2) is 12.5. The van der Waals surface area contributed by atoms with Crippen molar-refractivity contribution in [2.45, 2.75) is 42.8 Å². The van der Waals surface area contributed by atoms with Crippen LogP contribution in [0, 0.1) is 5.82 Å². The highest BCUT2D eigenvalue weighted by molar-refractivity contribution is 7.92. The summed E-state index contributed by atoms with van der Waals surface area (Å²) in [6, 6.07) is 16.6. The van der Waals surface area contributed by atoms with Gasteiger partial charge in [0.15, 0.2) is 5.82 Å². The third kappa shape index (κ3) is 5.74. The zero-order valence-corrected chi connectivity index (χ0v) is 27.1. The number of nitrogens with zero attached hydrogens (tertiary/aromatic N) is 4. The van der Waals surface area contributed by atoms with E-state index in [0.29, 0.717) is 28.8 Å². The molecule has 8 nitrogen and oxygen atoms in total. The summed E-state index contributed by atoms with van der Waals surface area (Å²) in [5.41, 5.74) is 5.35. The number of thiazole rings is 1. The first-order valence-corrected chi connectivity index (χ1v) is 17.1. The van der Waals surface area contributed by atoms with Crippen LogP contribution in [0.5, 0.6) is 11.5 Å². The quantitative estimate of drug-likeness (QED) is 0.192. The number of sulfonamides is 1. The number of hydrogen-bond donors (Lipinski definition) is 0. The lowest BCUT2D eigenvalue weighted by Gasteiger charge is -2.30. The number of anilines is 2. The molecule has 44 heavy (non-hydrogen) atoms. The van der Waals surface area contributed by atoms with Crippen LogP contribution in [-0.2, 0) is 23.0 Å². The topological polar surface area (TPSA) is 75.2 Å². The van der Waals surface area contributed by atoms with Crippen molar-refractivity contribution in [2.24, 2.45) is 0 Å². The molecule has 1 aromatic heterocycles. The lowest BCUT2D eigenvalue weighted by molar-refractivity contribution is 0.242. The van der Waals surface area contributed by atoms with Gasteiger partial charge in [-0.15, -0.1) is 11.3 Å². The predicted molar refractivity (Wildman–Crippen MR) is 172 cm³/mol. The van der Waals surface area contributed by atoms with E-state index < -0.39 is 20.7 Å². The molecule has 1 aliphatic carbocycles. The molecular formula is C32H34ClFN4O4S2. The zero-order chi connectivity index (χ0) is 31.0. The maximum Gasteiger partial charge on any atom is 0.268 e. The molecule has 2 aliphatic rings. The minimum absolute atomic E-state index is 0.108. The SMILES string of the molecule is COc1ccc(CN(c2cscn2)S(=O)(=O)c2cc(Cl)c(N(C)C3CCN([C@@H]4CCc5ccccc54)C3)cc2F)c(OC)c1. The molecule has 2 atom stereocenters. The molecule has 1 fully saturated rings. The highest BCUT2D eigenvalue weighted by atomic mass is 35.5. The van der Waals surface area contributed by atoms with Crippen LogP contribution in [0.15, 0.2) is 70.4 Å². The zero-order valence-electron chi connectivity index (χ0n) is 24.7. The second-order valence-electron chi connectivity index (χ2n) is 11.1. The Hall–Kier alpha value is -3.38. The van der Waals surface area contributed by atoms with E-state index in [4.69, 9.17) is 21.1 Å². The van der Waals surface area contributed by atoms with Crippen LogP contribution >= 0.6 is 22.9 Å². The van der Waals surface area contributed by atoms with E-state index in [1.807, 2.05) is 11.9 Å². The smallest absolute Gasteiger partial charge is 0.268 e. The van der Waals surface area contributed by atoms with Gasteiger partial charge < -0.3 is 14.4 Å². The Balaban J connectivity index is 1.26. The Labute approximate surface area is 266 Å². The average molecular weight is 657 g/mol. The summed E-state index contributed by atoms with van der Waals surface area (Å²) in [7, 11) is 0.495. The number of likely N-dealkylation sites (tertiary alicyclic amines) is 1. The molecule has 3 aromatic carbocycles. The second-order valence-corrected chi connectivity index (χ2v) is 14.0. The van der Waals surface area contributed by atoms with Crippen molar-refractivity contribution in [2.75, 3.05) is 43.6 Å². The highest BCUT2D eigenvalue weighted by Crippen LogP contribution is 2.40. The molecule has 1 saturated heterocycles. The average Bonchev–Trinajstić information content (AvgIpc) is 3.81. The fourth-order valence-electron chi connectivity index (χ4n) is 6.34. The fraction of sp³-hybridized carbons (Fsp3) is 0.344. The van der Waals surface area contributed by atoms with Gasteiger partial charge in [0.2, 0.25) is 0 Å². The van der Waals surface area contributed by atoms with Gasteiger partial charge in [0.1, 0.15) is 22.2 Å². The first kappa shape index (κ1) is 30.6. The molecule has 0 bridgehead atoms. The van der Waals surface area contributed by atoms with Gasteiger partial charge in [-0.2, -0.15) is 0 Å². The number of hydrogen-bond acceptors (Lipinski definition) is 8. The molecule has 12 heteroatoms. The summed E-state index contributed by atoms with van der Waals surface area (Å²) in [6.45, 7) is 1.60. The summed E-state index contributed by atoms with van der Waals surface area (Å²) in [4.78, 5) is 8.18. The van der Waals surface area contributed by atoms with E-state index in [2.05, 4.69) is 34.1 Å². The highest BCUT2D eigenvalue weighted by Gasteiger charge is 2.36. The molecule has 1 unspecified atom stereocenters. The molecule has 0 radical (unpaired) electrons. The van der Waals surface area contributed by atoms with E-state index in [1.165, 1.54) is 54.3 Å². The normalized spacial score (nSPS) is 18.3. The van der Waals surface area contributed by atoms with Crippen LogP contribution < -0.4 is 18.7 Å². The maximum atomic E-state index is 15.9.